The van der Waals surface area contributed by atoms with Gasteiger partial charge in [-0.1, -0.05) is 15.9 Å². The number of halogens is 1. The van der Waals surface area contributed by atoms with E-state index in [9.17, 15) is 4.79 Å². The monoisotopic (exact) mass is 302 g/mol. The molecule has 0 atom stereocenters. The van der Waals surface area contributed by atoms with E-state index >= 15 is 0 Å². The molecule has 1 aromatic heterocycles. The van der Waals surface area contributed by atoms with Crippen LogP contribution in [0.5, 0.6) is 0 Å². The molecule has 0 saturated heterocycles. The number of carbonyl (C=O) groups excluding carboxylic acids is 1. The molecule has 0 unspecified atom stereocenters. The Kier molecular flexibility index (Phi) is 3.97. The topological polar surface area (TPSA) is 56.0 Å². The molecular formula is C11H15BrN2OS. The second-order valence-electron chi connectivity index (χ2n) is 4.26. The second-order valence-corrected chi connectivity index (χ2v) is 5.71. The van der Waals surface area contributed by atoms with Crippen LogP contribution >= 0.6 is 27.3 Å². The number of alkyl halides is 1. The number of aromatic nitrogens is 1. The number of nitrogen functional groups attached to an aromatic ring is 1. The molecular weight excluding hydrogens is 288 g/mol. The van der Waals surface area contributed by atoms with Gasteiger partial charge in [-0.15, -0.1) is 11.3 Å². The van der Waals surface area contributed by atoms with Crippen LogP contribution in [0.2, 0.25) is 0 Å². The highest BCUT2D eigenvalue weighted by atomic mass is 79.9. The third kappa shape index (κ3) is 3.56. The average molecular weight is 303 g/mol. The summed E-state index contributed by atoms with van der Waals surface area (Å²) in [5, 5.41) is 3.32. The number of carbonyl (C=O) groups is 1. The number of nitrogens with two attached hydrogens (primary N) is 1. The predicted molar refractivity (Wildman–Crippen MR) is 70.0 cm³/mol. The van der Waals surface area contributed by atoms with E-state index < -0.39 is 0 Å². The minimum absolute atomic E-state index is 0.375. The van der Waals surface area contributed by atoms with Gasteiger partial charge in [0.05, 0.1) is 11.0 Å². The third-order valence-electron chi connectivity index (χ3n) is 2.70. The van der Waals surface area contributed by atoms with E-state index in [4.69, 9.17) is 5.73 Å². The maximum atomic E-state index is 10.5. The minimum atomic E-state index is 0.375. The van der Waals surface area contributed by atoms with Gasteiger partial charge in [-0.3, -0.25) is 4.79 Å². The number of Topliss-reactive ketones (excluding diaryl/α,β-unsaturated/α-hetero) is 1. The summed E-state index contributed by atoms with van der Waals surface area (Å²) in [7, 11) is 0. The zero-order valence-corrected chi connectivity index (χ0v) is 11.4. The Hall–Kier alpha value is -0.420. The molecule has 0 bridgehead atoms. The van der Waals surface area contributed by atoms with Crippen LogP contribution in [0, 0.1) is 5.92 Å². The van der Waals surface area contributed by atoms with Crippen LogP contribution in [0.15, 0.2) is 5.38 Å². The van der Waals surface area contributed by atoms with Gasteiger partial charge < -0.3 is 5.73 Å². The van der Waals surface area contributed by atoms with Gasteiger partial charge in [0.25, 0.3) is 0 Å². The quantitative estimate of drug-likeness (QED) is 0.873. The maximum absolute atomic E-state index is 10.5. The van der Waals surface area contributed by atoms with Gasteiger partial charge in [-0.05, 0) is 25.7 Å². The molecule has 5 heteroatoms. The fraction of sp³-hybridized carbons (Fsp3) is 0.636. The van der Waals surface area contributed by atoms with E-state index in [1.165, 1.54) is 29.9 Å². The van der Waals surface area contributed by atoms with Gasteiger partial charge in [-0.2, -0.15) is 0 Å². The summed E-state index contributed by atoms with van der Waals surface area (Å²) in [6.45, 7) is 0. The molecule has 0 aliphatic heterocycles. The number of rotatable bonds is 3. The molecule has 1 aromatic rings. The smallest absolute Gasteiger partial charge is 0.180 e. The van der Waals surface area contributed by atoms with Crippen molar-refractivity contribution in [1.82, 2.24) is 4.98 Å². The van der Waals surface area contributed by atoms with Gasteiger partial charge in [0.15, 0.2) is 5.13 Å². The van der Waals surface area contributed by atoms with E-state index in [1.807, 2.05) is 0 Å². The molecule has 2 fully saturated rings. The summed E-state index contributed by atoms with van der Waals surface area (Å²) in [4.78, 5) is 14.7. The Balaban J connectivity index is 0.000000125. The fourth-order valence-electron chi connectivity index (χ4n) is 1.38. The lowest BCUT2D eigenvalue weighted by Crippen LogP contribution is -1.99. The van der Waals surface area contributed by atoms with Crippen LogP contribution in [0.3, 0.4) is 0 Å². The zero-order chi connectivity index (χ0) is 11.5. The van der Waals surface area contributed by atoms with Crippen LogP contribution in [0.25, 0.3) is 0 Å². The summed E-state index contributed by atoms with van der Waals surface area (Å²) in [6, 6.07) is 0. The molecule has 88 valence electrons. The number of thiazole rings is 1. The summed E-state index contributed by atoms with van der Waals surface area (Å²) in [6.07, 6.45) is 4.88. The molecule has 3 rings (SSSR count). The van der Waals surface area contributed by atoms with Gasteiger partial charge in [0.1, 0.15) is 5.78 Å². The number of nitrogens with zero attached hydrogens (tertiary/aromatic N) is 1. The van der Waals surface area contributed by atoms with Gasteiger partial charge >= 0.3 is 0 Å². The molecule has 0 spiro atoms. The second kappa shape index (κ2) is 5.27. The lowest BCUT2D eigenvalue weighted by Gasteiger charge is -1.83. The highest BCUT2D eigenvalue weighted by Crippen LogP contribution is 2.40. The van der Waals surface area contributed by atoms with Gasteiger partial charge in [-0.25, -0.2) is 4.98 Å². The molecule has 3 nitrogen and oxygen atoms in total. The van der Waals surface area contributed by atoms with Crippen molar-refractivity contribution in [3.05, 3.63) is 11.1 Å². The highest BCUT2D eigenvalue weighted by molar-refractivity contribution is 9.09. The van der Waals surface area contributed by atoms with Crippen molar-refractivity contribution in [2.75, 3.05) is 11.1 Å². The van der Waals surface area contributed by atoms with Gasteiger partial charge in [0.2, 0.25) is 0 Å². The Labute approximate surface area is 108 Å². The van der Waals surface area contributed by atoms with Crippen molar-refractivity contribution in [3.8, 4) is 0 Å². The summed E-state index contributed by atoms with van der Waals surface area (Å²) in [5.74, 6) is 1.55. The first kappa shape index (κ1) is 12.0. The van der Waals surface area contributed by atoms with Gasteiger partial charge in [0, 0.05) is 17.2 Å². The van der Waals surface area contributed by atoms with E-state index in [0.29, 0.717) is 22.2 Å². The van der Waals surface area contributed by atoms with Crippen molar-refractivity contribution in [2.24, 2.45) is 5.92 Å². The first-order chi connectivity index (χ1) is 7.70. The normalized spacial score (nSPS) is 18.8. The van der Waals surface area contributed by atoms with E-state index in [1.54, 1.807) is 0 Å². The van der Waals surface area contributed by atoms with Crippen LogP contribution in [-0.4, -0.2) is 16.1 Å². The number of anilines is 1. The molecule has 0 amide bonds. The van der Waals surface area contributed by atoms with Crippen LogP contribution < -0.4 is 5.73 Å². The lowest BCUT2D eigenvalue weighted by molar-refractivity contribution is -0.117. The molecule has 16 heavy (non-hydrogen) atoms. The standard InChI is InChI=1S/C6H8N2S.C5H7BrO/c7-6-8-5(3-9-6)4-1-2-4;6-3-5(7)4-1-2-4/h3-4H,1-2H2,(H2,7,8);4H,1-3H2. The molecule has 2 aliphatic rings. The number of hydrogen-bond acceptors (Lipinski definition) is 4. The molecule has 0 aromatic carbocycles. The maximum Gasteiger partial charge on any atom is 0.180 e. The fourth-order valence-corrected chi connectivity index (χ4v) is 2.48. The summed E-state index contributed by atoms with van der Waals surface area (Å²) >= 11 is 4.65. The van der Waals surface area contributed by atoms with Crippen LogP contribution in [0.1, 0.15) is 37.3 Å². The number of ketones is 1. The predicted octanol–water partition coefficient (Wildman–Crippen LogP) is 2.96. The lowest BCUT2D eigenvalue weighted by atomic mass is 10.3. The van der Waals surface area contributed by atoms with E-state index in [0.717, 1.165) is 18.8 Å². The number of hydrogen-bond donors (Lipinski definition) is 1. The van der Waals surface area contributed by atoms with Crippen molar-refractivity contribution >= 4 is 38.2 Å². The van der Waals surface area contributed by atoms with Crippen molar-refractivity contribution in [3.63, 3.8) is 0 Å². The Bertz CT molecular complexity index is 372. The Morgan fingerprint density at radius 3 is 2.50 bits per heavy atom. The largest absolute Gasteiger partial charge is 0.375 e. The first-order valence-electron chi connectivity index (χ1n) is 5.50. The van der Waals surface area contributed by atoms with Crippen molar-refractivity contribution in [2.45, 2.75) is 31.6 Å². The molecule has 2 aliphatic carbocycles. The van der Waals surface area contributed by atoms with E-state index in [2.05, 4.69) is 26.3 Å². The molecule has 0 radical (unpaired) electrons. The summed E-state index contributed by atoms with van der Waals surface area (Å²) in [5.41, 5.74) is 6.66. The average Bonchev–Trinajstić information content (AvgIpc) is 3.17. The first-order valence-corrected chi connectivity index (χ1v) is 7.50. The van der Waals surface area contributed by atoms with Crippen LogP contribution in [-0.2, 0) is 4.79 Å². The zero-order valence-electron chi connectivity index (χ0n) is 8.99. The Morgan fingerprint density at radius 1 is 1.50 bits per heavy atom. The van der Waals surface area contributed by atoms with Crippen molar-refractivity contribution < 1.29 is 4.79 Å². The summed E-state index contributed by atoms with van der Waals surface area (Å²) < 4.78 is 0. The van der Waals surface area contributed by atoms with Crippen LogP contribution in [0.4, 0.5) is 5.13 Å². The SMILES string of the molecule is Nc1nc(C2CC2)cs1.O=C(CBr)C1CC1. The minimum Gasteiger partial charge on any atom is -0.375 e. The molecule has 2 saturated carbocycles. The third-order valence-corrected chi connectivity index (χ3v) is 3.94. The molecule has 2 N–H and O–H groups in total. The van der Waals surface area contributed by atoms with E-state index in [-0.39, 0.29) is 0 Å². The van der Waals surface area contributed by atoms with Crippen molar-refractivity contribution in [1.29, 1.82) is 0 Å². The Morgan fingerprint density at radius 2 is 2.19 bits per heavy atom. The molecule has 1 heterocycles. The highest BCUT2D eigenvalue weighted by Gasteiger charge is 2.27.